The quantitative estimate of drug-likeness (QED) is 0.836. The molecule has 0 radical (unpaired) electrons. The number of benzene rings is 1. The first-order chi connectivity index (χ1) is 11.8. The number of para-hydroxylation sites is 1. The lowest BCUT2D eigenvalue weighted by Gasteiger charge is -2.26. The maximum Gasteiger partial charge on any atom is 0.233 e. The normalized spacial score (nSPS) is 21.9. The molecule has 0 saturated carbocycles. The zero-order valence-corrected chi connectivity index (χ0v) is 14.7. The van der Waals surface area contributed by atoms with Crippen LogP contribution in [0.15, 0.2) is 36.5 Å². The maximum atomic E-state index is 12.4. The summed E-state index contributed by atoms with van der Waals surface area (Å²) < 4.78 is 0. The van der Waals surface area contributed by atoms with Crippen LogP contribution in [0.25, 0.3) is 10.9 Å². The van der Waals surface area contributed by atoms with E-state index in [2.05, 4.69) is 26.9 Å². The van der Waals surface area contributed by atoms with Crippen molar-refractivity contribution in [3.63, 3.8) is 0 Å². The number of likely N-dealkylation sites (tertiary alicyclic amines) is 1. The van der Waals surface area contributed by atoms with Crippen LogP contribution in [0.2, 0.25) is 0 Å². The summed E-state index contributed by atoms with van der Waals surface area (Å²) in [5, 5.41) is 1.29. The number of pyridine rings is 1. The van der Waals surface area contributed by atoms with Crippen LogP contribution in [-0.4, -0.2) is 52.6 Å². The second-order valence-electron chi connectivity index (χ2n) is 6.57. The van der Waals surface area contributed by atoms with Gasteiger partial charge in [0.25, 0.3) is 0 Å². The van der Waals surface area contributed by atoms with Crippen LogP contribution < -0.4 is 0 Å². The first kappa shape index (κ1) is 15.9. The lowest BCUT2D eigenvalue weighted by molar-refractivity contribution is -0.128. The molecule has 1 amide bonds. The van der Waals surface area contributed by atoms with E-state index in [-0.39, 0.29) is 11.3 Å². The molecule has 0 spiro atoms. The van der Waals surface area contributed by atoms with E-state index in [1.165, 1.54) is 31.5 Å². The lowest BCUT2D eigenvalue weighted by Crippen LogP contribution is -2.32. The molecular formula is C19H23N3OS. The van der Waals surface area contributed by atoms with E-state index in [1.54, 1.807) is 11.8 Å². The molecule has 5 heteroatoms. The molecule has 1 aromatic carbocycles. The van der Waals surface area contributed by atoms with E-state index in [1.807, 2.05) is 24.4 Å². The second kappa shape index (κ2) is 7.11. The SMILES string of the molecule is O=C1CSC(c2ccnc3ccccc23)N1CCCN1CCCC1. The third-order valence-electron chi connectivity index (χ3n) is 4.99. The van der Waals surface area contributed by atoms with Crippen LogP contribution in [0.1, 0.15) is 30.2 Å². The molecule has 2 aliphatic heterocycles. The molecule has 2 aromatic rings. The van der Waals surface area contributed by atoms with Crippen LogP contribution >= 0.6 is 11.8 Å². The topological polar surface area (TPSA) is 36.4 Å². The van der Waals surface area contributed by atoms with Gasteiger partial charge in [-0.15, -0.1) is 11.8 Å². The lowest BCUT2D eigenvalue weighted by atomic mass is 10.1. The Morgan fingerprint density at radius 2 is 1.96 bits per heavy atom. The third kappa shape index (κ3) is 3.15. The van der Waals surface area contributed by atoms with Crippen LogP contribution in [0.4, 0.5) is 0 Å². The average Bonchev–Trinajstić information content (AvgIpc) is 3.25. The highest BCUT2D eigenvalue weighted by Crippen LogP contribution is 2.41. The van der Waals surface area contributed by atoms with Gasteiger partial charge >= 0.3 is 0 Å². The second-order valence-corrected chi connectivity index (χ2v) is 7.64. The molecule has 4 rings (SSSR count). The Labute approximate surface area is 147 Å². The molecular weight excluding hydrogens is 318 g/mol. The molecule has 126 valence electrons. The predicted octanol–water partition coefficient (Wildman–Crippen LogP) is 3.29. The van der Waals surface area contributed by atoms with Crippen LogP contribution in [0, 0.1) is 0 Å². The number of amides is 1. The Morgan fingerprint density at radius 1 is 1.12 bits per heavy atom. The van der Waals surface area contributed by atoms with Gasteiger partial charge in [-0.1, -0.05) is 18.2 Å². The Balaban J connectivity index is 1.51. The largest absolute Gasteiger partial charge is 0.326 e. The number of fused-ring (bicyclic) bond motifs is 1. The summed E-state index contributed by atoms with van der Waals surface area (Å²) in [7, 11) is 0. The molecule has 0 bridgehead atoms. The van der Waals surface area contributed by atoms with E-state index in [0.29, 0.717) is 5.75 Å². The summed E-state index contributed by atoms with van der Waals surface area (Å²) in [6.07, 6.45) is 5.57. The Hall–Kier alpha value is -1.59. The number of carbonyl (C=O) groups excluding carboxylic acids is 1. The Kier molecular flexibility index (Phi) is 4.72. The fraction of sp³-hybridized carbons (Fsp3) is 0.474. The molecule has 0 N–H and O–H groups in total. The average molecular weight is 341 g/mol. The highest BCUT2D eigenvalue weighted by Gasteiger charge is 2.33. The molecule has 1 aromatic heterocycles. The van der Waals surface area contributed by atoms with E-state index in [9.17, 15) is 4.79 Å². The summed E-state index contributed by atoms with van der Waals surface area (Å²) in [5.41, 5.74) is 2.23. The highest BCUT2D eigenvalue weighted by atomic mass is 32.2. The summed E-state index contributed by atoms with van der Waals surface area (Å²) in [5.74, 6) is 0.859. The van der Waals surface area contributed by atoms with Gasteiger partial charge in [-0.25, -0.2) is 0 Å². The van der Waals surface area contributed by atoms with Gasteiger partial charge in [0.2, 0.25) is 5.91 Å². The number of thioether (sulfide) groups is 1. The van der Waals surface area contributed by atoms with Crippen molar-refractivity contribution in [2.45, 2.75) is 24.6 Å². The van der Waals surface area contributed by atoms with Gasteiger partial charge in [0.15, 0.2) is 0 Å². The first-order valence-electron chi connectivity index (χ1n) is 8.80. The summed E-state index contributed by atoms with van der Waals surface area (Å²) in [6, 6.07) is 10.3. The number of rotatable bonds is 5. The van der Waals surface area contributed by atoms with Crippen molar-refractivity contribution in [3.8, 4) is 0 Å². The first-order valence-corrected chi connectivity index (χ1v) is 9.85. The molecule has 2 saturated heterocycles. The molecule has 3 heterocycles. The van der Waals surface area contributed by atoms with Crippen molar-refractivity contribution in [1.82, 2.24) is 14.8 Å². The van der Waals surface area contributed by atoms with Gasteiger partial charge in [0.1, 0.15) is 5.37 Å². The van der Waals surface area contributed by atoms with Crippen molar-refractivity contribution >= 4 is 28.6 Å². The van der Waals surface area contributed by atoms with Crippen molar-refractivity contribution in [2.75, 3.05) is 31.9 Å². The Morgan fingerprint density at radius 3 is 2.83 bits per heavy atom. The minimum Gasteiger partial charge on any atom is -0.326 e. The maximum absolute atomic E-state index is 12.4. The fourth-order valence-corrected chi connectivity index (χ4v) is 5.01. The van der Waals surface area contributed by atoms with Crippen molar-refractivity contribution in [1.29, 1.82) is 0 Å². The van der Waals surface area contributed by atoms with Gasteiger partial charge in [-0.05, 0) is 56.6 Å². The predicted molar refractivity (Wildman–Crippen MR) is 98.9 cm³/mol. The van der Waals surface area contributed by atoms with Crippen molar-refractivity contribution in [2.24, 2.45) is 0 Å². The number of hydrogen-bond donors (Lipinski definition) is 0. The summed E-state index contributed by atoms with van der Waals surface area (Å²) in [6.45, 7) is 4.41. The number of carbonyl (C=O) groups is 1. The van der Waals surface area contributed by atoms with E-state index >= 15 is 0 Å². The molecule has 1 atom stereocenters. The Bertz CT molecular complexity index is 724. The molecule has 24 heavy (non-hydrogen) atoms. The standard InChI is InChI=1S/C19H23N3OS/c23-18-14-24-19(22(18)13-5-12-21-10-3-4-11-21)16-8-9-20-17-7-2-1-6-15(16)17/h1-2,6-9,19H,3-5,10-14H2. The summed E-state index contributed by atoms with van der Waals surface area (Å²) >= 11 is 1.74. The van der Waals surface area contributed by atoms with E-state index < -0.39 is 0 Å². The summed E-state index contributed by atoms with van der Waals surface area (Å²) in [4.78, 5) is 21.4. The van der Waals surface area contributed by atoms with Crippen LogP contribution in [-0.2, 0) is 4.79 Å². The molecule has 2 aliphatic rings. The minimum atomic E-state index is 0.129. The van der Waals surface area contributed by atoms with Gasteiger partial charge in [0.05, 0.1) is 11.3 Å². The molecule has 0 aliphatic carbocycles. The molecule has 2 fully saturated rings. The van der Waals surface area contributed by atoms with Crippen molar-refractivity contribution < 1.29 is 4.79 Å². The van der Waals surface area contributed by atoms with E-state index in [4.69, 9.17) is 0 Å². The monoisotopic (exact) mass is 341 g/mol. The number of nitrogens with zero attached hydrogens (tertiary/aromatic N) is 3. The third-order valence-corrected chi connectivity index (χ3v) is 6.23. The van der Waals surface area contributed by atoms with E-state index in [0.717, 1.165) is 30.4 Å². The van der Waals surface area contributed by atoms with Gasteiger partial charge in [-0.2, -0.15) is 0 Å². The molecule has 1 unspecified atom stereocenters. The zero-order valence-electron chi connectivity index (χ0n) is 13.9. The highest BCUT2D eigenvalue weighted by molar-refractivity contribution is 8.00. The van der Waals surface area contributed by atoms with Gasteiger partial charge < -0.3 is 9.80 Å². The van der Waals surface area contributed by atoms with Gasteiger partial charge in [0, 0.05) is 18.1 Å². The smallest absolute Gasteiger partial charge is 0.233 e. The fourth-order valence-electron chi connectivity index (χ4n) is 3.76. The zero-order chi connectivity index (χ0) is 16.4. The van der Waals surface area contributed by atoms with Crippen LogP contribution in [0.3, 0.4) is 0 Å². The van der Waals surface area contributed by atoms with Crippen LogP contribution in [0.5, 0.6) is 0 Å². The van der Waals surface area contributed by atoms with Crippen molar-refractivity contribution in [3.05, 3.63) is 42.1 Å². The van der Waals surface area contributed by atoms with Gasteiger partial charge in [-0.3, -0.25) is 9.78 Å². The minimum absolute atomic E-state index is 0.129. The molecule has 4 nitrogen and oxygen atoms in total. The number of hydrogen-bond acceptors (Lipinski definition) is 4. The number of aromatic nitrogens is 1.